The number of aryl methyl sites for hydroxylation is 1. The topological polar surface area (TPSA) is 71.3 Å². The van der Waals surface area contributed by atoms with Gasteiger partial charge in [0.05, 0.1) is 35.6 Å². The molecule has 2 aromatic heterocycles. The molecule has 0 spiro atoms. The first kappa shape index (κ1) is 16.1. The van der Waals surface area contributed by atoms with Crippen molar-refractivity contribution in [1.82, 2.24) is 23.1 Å². The first-order chi connectivity index (χ1) is 10.9. The maximum absolute atomic E-state index is 12.5. The average molecular weight is 335 g/mol. The van der Waals surface area contributed by atoms with Crippen LogP contribution in [0.5, 0.6) is 0 Å². The number of hydrogen-bond donors (Lipinski definition) is 0. The van der Waals surface area contributed by atoms with Gasteiger partial charge in [-0.1, -0.05) is 6.07 Å². The van der Waals surface area contributed by atoms with Crippen molar-refractivity contribution in [2.45, 2.75) is 18.9 Å². The van der Waals surface area contributed by atoms with Crippen LogP contribution < -0.4 is 0 Å². The van der Waals surface area contributed by atoms with Crippen LogP contribution >= 0.6 is 0 Å². The molecular formula is C15H21N5O2S. The summed E-state index contributed by atoms with van der Waals surface area (Å²) in [6, 6.07) is 5.52. The third-order valence-electron chi connectivity index (χ3n) is 4.15. The molecule has 1 aliphatic rings. The first-order valence-electron chi connectivity index (χ1n) is 7.54. The molecule has 1 saturated heterocycles. The lowest BCUT2D eigenvalue weighted by Crippen LogP contribution is -2.39. The van der Waals surface area contributed by atoms with Gasteiger partial charge in [-0.3, -0.25) is 0 Å². The van der Waals surface area contributed by atoms with E-state index in [0.717, 1.165) is 29.9 Å². The highest BCUT2D eigenvalue weighted by atomic mass is 32.2. The van der Waals surface area contributed by atoms with Gasteiger partial charge in [-0.2, -0.15) is 17.0 Å². The van der Waals surface area contributed by atoms with E-state index < -0.39 is 10.2 Å². The van der Waals surface area contributed by atoms with Crippen LogP contribution in [0.1, 0.15) is 24.6 Å². The molecule has 3 rings (SSSR count). The predicted octanol–water partition coefficient (Wildman–Crippen LogP) is 1.43. The van der Waals surface area contributed by atoms with Gasteiger partial charge in [-0.15, -0.1) is 0 Å². The van der Waals surface area contributed by atoms with Crippen LogP contribution in [-0.4, -0.2) is 52.2 Å². The molecule has 1 fully saturated rings. The summed E-state index contributed by atoms with van der Waals surface area (Å²) in [5, 5.41) is 0. The van der Waals surface area contributed by atoms with E-state index in [2.05, 4.69) is 4.98 Å². The minimum atomic E-state index is -3.44. The minimum Gasteiger partial charge on any atom is -0.332 e. The largest absolute Gasteiger partial charge is 0.332 e. The fourth-order valence-corrected chi connectivity index (χ4v) is 4.22. The van der Waals surface area contributed by atoms with E-state index >= 15 is 0 Å². The van der Waals surface area contributed by atoms with E-state index in [1.165, 1.54) is 4.31 Å². The lowest BCUT2D eigenvalue weighted by Gasteiger charge is -2.26. The van der Waals surface area contributed by atoms with Gasteiger partial charge in [0.15, 0.2) is 0 Å². The second kappa shape index (κ2) is 6.03. The molecule has 1 atom stereocenters. The molecule has 0 aromatic carbocycles. The van der Waals surface area contributed by atoms with Gasteiger partial charge in [-0.25, -0.2) is 9.97 Å². The normalized spacial score (nSPS) is 19.6. The maximum atomic E-state index is 12.5. The molecule has 1 unspecified atom stereocenters. The standard InChI is InChI=1S/C15H21N5O2S/c1-18(2)23(21,22)20-9-5-8-14(20)12-6-4-7-13(17-12)15-10-16-11-19(15)3/h4,6-7,10-11,14H,5,8-9H2,1-3H3. The molecule has 0 saturated carbocycles. The lowest BCUT2D eigenvalue weighted by atomic mass is 10.1. The van der Waals surface area contributed by atoms with Crippen LogP contribution in [0.15, 0.2) is 30.7 Å². The molecule has 124 valence electrons. The van der Waals surface area contributed by atoms with Crippen molar-refractivity contribution < 1.29 is 8.42 Å². The number of aromatic nitrogens is 3. The van der Waals surface area contributed by atoms with Gasteiger partial charge in [-0.05, 0) is 25.0 Å². The third kappa shape index (κ3) is 2.89. The fourth-order valence-electron chi connectivity index (χ4n) is 2.91. The molecule has 23 heavy (non-hydrogen) atoms. The Morgan fingerprint density at radius 3 is 2.74 bits per heavy atom. The van der Waals surface area contributed by atoms with Gasteiger partial charge in [0, 0.05) is 27.7 Å². The quantitative estimate of drug-likeness (QED) is 0.847. The summed E-state index contributed by atoms with van der Waals surface area (Å²) in [5.41, 5.74) is 2.50. The molecular weight excluding hydrogens is 314 g/mol. The molecule has 0 N–H and O–H groups in total. The highest BCUT2D eigenvalue weighted by Gasteiger charge is 2.37. The van der Waals surface area contributed by atoms with Crippen LogP contribution in [0.25, 0.3) is 11.4 Å². The lowest BCUT2D eigenvalue weighted by molar-refractivity contribution is 0.358. The van der Waals surface area contributed by atoms with E-state index in [-0.39, 0.29) is 6.04 Å². The number of pyridine rings is 1. The van der Waals surface area contributed by atoms with Gasteiger partial charge in [0.2, 0.25) is 0 Å². The van der Waals surface area contributed by atoms with Crippen LogP contribution in [0.3, 0.4) is 0 Å². The Morgan fingerprint density at radius 1 is 1.30 bits per heavy atom. The second-order valence-corrected chi connectivity index (χ2v) is 7.99. The van der Waals surface area contributed by atoms with E-state index in [9.17, 15) is 8.42 Å². The average Bonchev–Trinajstić information content (AvgIpc) is 3.16. The summed E-state index contributed by atoms with van der Waals surface area (Å²) in [7, 11) is 1.59. The zero-order valence-electron chi connectivity index (χ0n) is 13.5. The highest BCUT2D eigenvalue weighted by molar-refractivity contribution is 7.86. The Bertz CT molecular complexity index is 800. The van der Waals surface area contributed by atoms with Gasteiger partial charge in [0.1, 0.15) is 0 Å². The Hall–Kier alpha value is -1.77. The van der Waals surface area contributed by atoms with Crippen molar-refractivity contribution in [3.05, 3.63) is 36.4 Å². The fraction of sp³-hybridized carbons (Fsp3) is 0.467. The van der Waals surface area contributed by atoms with Gasteiger partial charge >= 0.3 is 0 Å². The van der Waals surface area contributed by atoms with Crippen LogP contribution in [0.4, 0.5) is 0 Å². The summed E-state index contributed by atoms with van der Waals surface area (Å²) in [6.07, 6.45) is 5.11. The molecule has 2 aromatic rings. The Labute approximate surface area is 136 Å². The number of rotatable bonds is 4. The molecule has 0 bridgehead atoms. The SMILES string of the molecule is CN(C)S(=O)(=O)N1CCCC1c1cccc(-c2cncn2C)n1. The summed E-state index contributed by atoms with van der Waals surface area (Å²) < 4.78 is 29.7. The van der Waals surface area contributed by atoms with E-state index in [0.29, 0.717) is 6.54 Å². The molecule has 0 radical (unpaired) electrons. The molecule has 0 amide bonds. The maximum Gasteiger partial charge on any atom is 0.282 e. The van der Waals surface area contributed by atoms with Crippen molar-refractivity contribution in [2.24, 2.45) is 7.05 Å². The summed E-state index contributed by atoms with van der Waals surface area (Å²) >= 11 is 0. The van der Waals surface area contributed by atoms with Crippen molar-refractivity contribution in [3.63, 3.8) is 0 Å². The number of imidazole rings is 1. The molecule has 7 nitrogen and oxygen atoms in total. The zero-order chi connectivity index (χ0) is 16.6. The monoisotopic (exact) mass is 335 g/mol. The first-order valence-corrected chi connectivity index (χ1v) is 8.94. The van der Waals surface area contributed by atoms with Crippen LogP contribution in [0.2, 0.25) is 0 Å². The van der Waals surface area contributed by atoms with Crippen molar-refractivity contribution in [3.8, 4) is 11.4 Å². The molecule has 8 heteroatoms. The van der Waals surface area contributed by atoms with Gasteiger partial charge in [0.25, 0.3) is 10.2 Å². The van der Waals surface area contributed by atoms with Crippen LogP contribution in [-0.2, 0) is 17.3 Å². The summed E-state index contributed by atoms with van der Waals surface area (Å²) in [5.74, 6) is 0. The van der Waals surface area contributed by atoms with Crippen molar-refractivity contribution in [2.75, 3.05) is 20.6 Å². The second-order valence-electron chi connectivity index (χ2n) is 5.90. The number of nitrogens with zero attached hydrogens (tertiary/aromatic N) is 5. The van der Waals surface area contributed by atoms with Crippen molar-refractivity contribution >= 4 is 10.2 Å². The Morgan fingerprint density at radius 2 is 2.09 bits per heavy atom. The minimum absolute atomic E-state index is 0.212. The highest BCUT2D eigenvalue weighted by Crippen LogP contribution is 2.34. The summed E-state index contributed by atoms with van der Waals surface area (Å²) in [4.78, 5) is 8.81. The molecule has 3 heterocycles. The van der Waals surface area contributed by atoms with E-state index in [4.69, 9.17) is 4.98 Å². The van der Waals surface area contributed by atoms with Gasteiger partial charge < -0.3 is 4.57 Å². The van der Waals surface area contributed by atoms with Crippen molar-refractivity contribution in [1.29, 1.82) is 0 Å². The third-order valence-corrected chi connectivity index (χ3v) is 6.11. The summed E-state index contributed by atoms with van der Waals surface area (Å²) in [6.45, 7) is 0.531. The molecule has 0 aliphatic carbocycles. The Kier molecular flexibility index (Phi) is 4.22. The Balaban J connectivity index is 1.97. The van der Waals surface area contributed by atoms with Crippen LogP contribution in [0, 0.1) is 0 Å². The number of hydrogen-bond acceptors (Lipinski definition) is 4. The zero-order valence-corrected chi connectivity index (χ0v) is 14.4. The molecule has 1 aliphatic heterocycles. The van der Waals surface area contributed by atoms with E-state index in [1.54, 1.807) is 30.9 Å². The smallest absolute Gasteiger partial charge is 0.282 e. The van der Waals surface area contributed by atoms with E-state index in [1.807, 2.05) is 29.8 Å². The predicted molar refractivity (Wildman–Crippen MR) is 87.7 cm³/mol.